The quantitative estimate of drug-likeness (QED) is 0.375. The van der Waals surface area contributed by atoms with E-state index in [0.717, 1.165) is 0 Å². The molecule has 0 aliphatic rings. The van der Waals surface area contributed by atoms with Gasteiger partial charge in [-0.1, -0.05) is 0 Å². The van der Waals surface area contributed by atoms with Crippen molar-refractivity contribution in [1.29, 1.82) is 0 Å². The number of hydrogen-bond acceptors (Lipinski definition) is 1. The third kappa shape index (κ3) is 2.57. The van der Waals surface area contributed by atoms with Crippen molar-refractivity contribution in [3.63, 3.8) is 0 Å². The van der Waals surface area contributed by atoms with Gasteiger partial charge in [0.2, 0.25) is 0 Å². The Labute approximate surface area is 70.4 Å². The second-order valence-corrected chi connectivity index (χ2v) is 2.84. The van der Waals surface area contributed by atoms with Crippen LogP contribution >= 0.6 is 0 Å². The molecule has 3 heteroatoms. The van der Waals surface area contributed by atoms with Gasteiger partial charge < -0.3 is 0 Å². The van der Waals surface area contributed by atoms with Gasteiger partial charge in [-0.25, -0.2) is 0 Å². The van der Waals surface area contributed by atoms with E-state index >= 15 is 0 Å². The average Bonchev–Trinajstić information content (AvgIpc) is 1.86. The van der Waals surface area contributed by atoms with Crippen molar-refractivity contribution >= 4 is 14.5 Å². The first-order valence-electron chi connectivity index (χ1n) is 1.60. The molecule has 0 aromatic carbocycles. The summed E-state index contributed by atoms with van der Waals surface area (Å²) in [6.07, 6.45) is 0. The molecular weight excluding hydrogens is 166 g/mol. The van der Waals surface area contributed by atoms with Gasteiger partial charge >= 0.3 is 70.9 Å². The molecule has 0 bridgehead atoms. The zero-order valence-electron chi connectivity index (χ0n) is 4.05. The molecule has 0 unspecified atom stereocenters. The van der Waals surface area contributed by atoms with E-state index in [2.05, 4.69) is 0 Å². The average molecular weight is 169 g/mol. The van der Waals surface area contributed by atoms with E-state index in [0.29, 0.717) is 0 Å². The molecule has 1 aromatic heterocycles. The molecule has 1 aromatic rings. The minimum atomic E-state index is 0. The molecule has 0 aliphatic heterocycles. The predicted octanol–water partition coefficient (Wildman–Crippen LogP) is -3.18. The van der Waals surface area contributed by atoms with Crippen molar-refractivity contribution in [2.45, 2.75) is 0 Å². The van der Waals surface area contributed by atoms with Crippen molar-refractivity contribution in [1.82, 2.24) is 0 Å². The van der Waals surface area contributed by atoms with Crippen molar-refractivity contribution in [2.75, 3.05) is 0 Å². The molecule has 1 rings (SSSR count). The molecule has 0 radical (unpaired) electrons. The Morgan fingerprint density at radius 1 is 1.57 bits per heavy atom. The first-order valence-corrected chi connectivity index (χ1v) is 3.44. The van der Waals surface area contributed by atoms with Crippen LogP contribution in [0, 0.1) is 0 Å². The Hall–Kier alpha value is 0.799. The van der Waals surface area contributed by atoms with Crippen LogP contribution in [0.2, 0.25) is 0 Å². The minimum absolute atomic E-state index is 0. The molecule has 0 saturated carbocycles. The Kier molecular flexibility index (Phi) is 4.19. The van der Waals surface area contributed by atoms with Gasteiger partial charge in [0.1, 0.15) is 0 Å². The molecule has 0 fully saturated rings. The first kappa shape index (κ1) is 7.80. The zero-order chi connectivity index (χ0) is 4.41. The van der Waals surface area contributed by atoms with Crippen molar-refractivity contribution < 1.29 is 34.7 Å². The molecule has 0 atom stereocenters. The number of rotatable bonds is 0. The summed E-state index contributed by atoms with van der Waals surface area (Å²) in [5, 5.41) is 10.2. The second-order valence-electron chi connectivity index (χ2n) is 0.932. The third-order valence-corrected chi connectivity index (χ3v) is 1.88. The van der Waals surface area contributed by atoms with Gasteiger partial charge in [-0.05, 0) is 0 Å². The molecule has 1 heterocycles. The summed E-state index contributed by atoms with van der Waals surface area (Å²) >= 11 is 0.153. The summed E-state index contributed by atoms with van der Waals surface area (Å²) in [4.78, 5) is 1.91. The third-order valence-electron chi connectivity index (χ3n) is 0.495. The Morgan fingerprint density at radius 2 is 2.29 bits per heavy atom. The molecule has 0 aliphatic carbocycles. The summed E-state index contributed by atoms with van der Waals surface area (Å²) in [6.45, 7) is 0. The molecule has 0 amide bonds. The molecule has 7 heavy (non-hydrogen) atoms. The Morgan fingerprint density at radius 3 is 2.43 bits per heavy atom. The van der Waals surface area contributed by atoms with Gasteiger partial charge in [-0.15, -0.1) is 0 Å². The second kappa shape index (κ2) is 3.76. The summed E-state index contributed by atoms with van der Waals surface area (Å²) < 4.78 is 0.280. The van der Waals surface area contributed by atoms with Gasteiger partial charge in [0.15, 0.2) is 0 Å². The van der Waals surface area contributed by atoms with Crippen LogP contribution in [0.4, 0.5) is 0 Å². The monoisotopic (exact) mass is 170 g/mol. The van der Waals surface area contributed by atoms with Crippen LogP contribution in [0.25, 0.3) is 0 Å². The fourth-order valence-electron chi connectivity index (χ4n) is 0.263. The SMILES string of the molecule is [Na+].[O-]c1ccc[se]1. The van der Waals surface area contributed by atoms with E-state index in [-0.39, 0.29) is 48.7 Å². The topological polar surface area (TPSA) is 23.1 Å². The van der Waals surface area contributed by atoms with Crippen LogP contribution < -0.4 is 34.7 Å². The maximum absolute atomic E-state index is 10.2. The first-order chi connectivity index (χ1) is 2.89. The van der Waals surface area contributed by atoms with Gasteiger partial charge in [0.25, 0.3) is 0 Å². The molecular formula is C4H3NaOSe. The van der Waals surface area contributed by atoms with Crippen molar-refractivity contribution in [3.8, 4) is 4.62 Å². The standard InChI is InChI=1S/C4H4OSe.Na/c5-4-2-1-3-6-4;/h1-3,5H;/q;+1/p-1. The zero-order valence-corrected chi connectivity index (χ0v) is 7.76. The van der Waals surface area contributed by atoms with Gasteiger partial charge in [-0.2, -0.15) is 0 Å². The van der Waals surface area contributed by atoms with E-state index < -0.39 is 0 Å². The van der Waals surface area contributed by atoms with Gasteiger partial charge in [-0.3, -0.25) is 0 Å². The van der Waals surface area contributed by atoms with Gasteiger partial charge in [0.05, 0.1) is 0 Å². The van der Waals surface area contributed by atoms with Gasteiger partial charge in [0, 0.05) is 0 Å². The van der Waals surface area contributed by atoms with E-state index in [1.54, 1.807) is 6.07 Å². The number of hydrogen-bond donors (Lipinski definition) is 0. The summed E-state index contributed by atoms with van der Waals surface area (Å²) in [5.74, 6) is 0. The predicted molar refractivity (Wildman–Crippen MR) is 22.8 cm³/mol. The maximum atomic E-state index is 10.2. The van der Waals surface area contributed by atoms with Crippen LogP contribution in [-0.2, 0) is 0 Å². The van der Waals surface area contributed by atoms with Crippen LogP contribution in [-0.4, -0.2) is 14.5 Å². The van der Waals surface area contributed by atoms with E-state index in [1.165, 1.54) is 0 Å². The van der Waals surface area contributed by atoms with Crippen LogP contribution in [0.1, 0.15) is 0 Å². The Balaban J connectivity index is 0.000000360. The summed E-state index contributed by atoms with van der Waals surface area (Å²) in [6, 6.07) is 3.42. The van der Waals surface area contributed by atoms with Crippen LogP contribution in [0.3, 0.4) is 0 Å². The van der Waals surface area contributed by atoms with Crippen molar-refractivity contribution in [3.05, 3.63) is 17.1 Å². The molecule has 0 spiro atoms. The fourth-order valence-corrected chi connectivity index (χ4v) is 1.20. The normalized spacial score (nSPS) is 7.43. The van der Waals surface area contributed by atoms with Crippen molar-refractivity contribution in [2.24, 2.45) is 0 Å². The van der Waals surface area contributed by atoms with E-state index in [9.17, 15) is 5.11 Å². The molecule has 32 valence electrons. The van der Waals surface area contributed by atoms with Crippen LogP contribution in [0.15, 0.2) is 17.1 Å². The fraction of sp³-hybridized carbons (Fsp3) is 0. The van der Waals surface area contributed by atoms with Crippen LogP contribution in [0.5, 0.6) is 4.62 Å². The van der Waals surface area contributed by atoms with E-state index in [1.807, 2.05) is 11.0 Å². The Bertz CT molecular complexity index is 115. The summed E-state index contributed by atoms with van der Waals surface area (Å²) in [5.41, 5.74) is 0. The molecule has 0 saturated heterocycles. The summed E-state index contributed by atoms with van der Waals surface area (Å²) in [7, 11) is 0. The molecule has 0 N–H and O–H groups in total. The van der Waals surface area contributed by atoms with E-state index in [4.69, 9.17) is 0 Å². The molecule has 1 nitrogen and oxygen atoms in total.